The third kappa shape index (κ3) is 5.68. The van der Waals surface area contributed by atoms with Crippen molar-refractivity contribution in [1.82, 2.24) is 5.32 Å². The molecule has 124 valence electrons. The molecular formula is C15H20F3NOS2. The summed E-state index contributed by atoms with van der Waals surface area (Å²) in [6, 6.07) is 5.43. The molecule has 0 spiro atoms. The van der Waals surface area contributed by atoms with E-state index in [4.69, 9.17) is 0 Å². The van der Waals surface area contributed by atoms with E-state index in [2.05, 4.69) is 5.32 Å². The van der Waals surface area contributed by atoms with Crippen molar-refractivity contribution < 1.29 is 18.3 Å². The van der Waals surface area contributed by atoms with Crippen molar-refractivity contribution in [3.8, 4) is 0 Å². The summed E-state index contributed by atoms with van der Waals surface area (Å²) in [5, 5.41) is 13.7. The molecule has 1 aromatic rings. The van der Waals surface area contributed by atoms with E-state index in [1.54, 1.807) is 6.07 Å². The van der Waals surface area contributed by atoms with Gasteiger partial charge in [0.05, 0.1) is 11.7 Å². The zero-order valence-electron chi connectivity index (χ0n) is 12.1. The van der Waals surface area contributed by atoms with Crippen LogP contribution in [-0.2, 0) is 12.6 Å². The van der Waals surface area contributed by atoms with Gasteiger partial charge in [-0.15, -0.1) is 0 Å². The summed E-state index contributed by atoms with van der Waals surface area (Å²) in [7, 11) is 0. The fraction of sp³-hybridized carbons (Fsp3) is 0.600. The van der Waals surface area contributed by atoms with Gasteiger partial charge < -0.3 is 10.4 Å². The van der Waals surface area contributed by atoms with E-state index in [9.17, 15) is 18.3 Å². The van der Waals surface area contributed by atoms with Gasteiger partial charge in [0.1, 0.15) is 0 Å². The molecule has 0 amide bonds. The largest absolute Gasteiger partial charge is 0.416 e. The molecule has 1 aliphatic rings. The van der Waals surface area contributed by atoms with Crippen LogP contribution in [0.1, 0.15) is 11.1 Å². The van der Waals surface area contributed by atoms with E-state index in [1.165, 1.54) is 17.9 Å². The maximum atomic E-state index is 12.9. The zero-order valence-corrected chi connectivity index (χ0v) is 13.7. The van der Waals surface area contributed by atoms with Crippen LogP contribution < -0.4 is 5.32 Å². The molecule has 1 fully saturated rings. The number of alkyl halides is 3. The van der Waals surface area contributed by atoms with Crippen molar-refractivity contribution in [2.75, 3.05) is 30.3 Å². The number of hydrogen-bond acceptors (Lipinski definition) is 4. The highest BCUT2D eigenvalue weighted by Crippen LogP contribution is 2.32. The number of aliphatic hydroxyl groups excluding tert-OH is 1. The first-order valence-electron chi connectivity index (χ1n) is 7.20. The second-order valence-corrected chi connectivity index (χ2v) is 7.80. The predicted molar refractivity (Wildman–Crippen MR) is 87.6 cm³/mol. The molecule has 1 aromatic carbocycles. The molecule has 0 saturated carbocycles. The van der Waals surface area contributed by atoms with Crippen LogP contribution in [-0.4, -0.2) is 46.8 Å². The molecule has 2 nitrogen and oxygen atoms in total. The Kier molecular flexibility index (Phi) is 6.92. The Bertz CT molecular complexity index is 464. The van der Waals surface area contributed by atoms with Gasteiger partial charge in [0.25, 0.3) is 0 Å². The van der Waals surface area contributed by atoms with E-state index >= 15 is 0 Å². The van der Waals surface area contributed by atoms with E-state index in [-0.39, 0.29) is 12.0 Å². The monoisotopic (exact) mass is 351 g/mol. The molecule has 0 aromatic heterocycles. The Balaban J connectivity index is 1.80. The third-order valence-corrected chi connectivity index (χ3v) is 6.26. The number of benzene rings is 1. The van der Waals surface area contributed by atoms with Crippen LogP contribution in [0.25, 0.3) is 0 Å². The fourth-order valence-electron chi connectivity index (χ4n) is 2.37. The number of halogens is 3. The molecule has 22 heavy (non-hydrogen) atoms. The molecule has 2 rings (SSSR count). The fourth-order valence-corrected chi connectivity index (χ4v) is 5.01. The Morgan fingerprint density at radius 1 is 1.27 bits per heavy atom. The van der Waals surface area contributed by atoms with Crippen molar-refractivity contribution in [1.29, 1.82) is 0 Å². The first-order valence-corrected chi connectivity index (χ1v) is 9.40. The van der Waals surface area contributed by atoms with Crippen molar-refractivity contribution in [3.05, 3.63) is 35.4 Å². The lowest BCUT2D eigenvalue weighted by atomic mass is 10.0. The van der Waals surface area contributed by atoms with Crippen molar-refractivity contribution in [3.63, 3.8) is 0 Å². The van der Waals surface area contributed by atoms with E-state index in [0.29, 0.717) is 11.8 Å². The summed E-state index contributed by atoms with van der Waals surface area (Å²) in [5.41, 5.74) is -0.514. The summed E-state index contributed by atoms with van der Waals surface area (Å²) in [6.45, 7) is 1.10. The molecule has 2 N–H and O–H groups in total. The molecule has 7 heteroatoms. The predicted octanol–water partition coefficient (Wildman–Crippen LogP) is 3.05. The Labute approximate surface area is 137 Å². The van der Waals surface area contributed by atoms with Crippen LogP contribution in [0.2, 0.25) is 0 Å². The summed E-state index contributed by atoms with van der Waals surface area (Å²) in [6.07, 6.45) is -5.18. The molecular weight excluding hydrogens is 331 g/mol. The molecule has 2 unspecified atom stereocenters. The highest BCUT2D eigenvalue weighted by molar-refractivity contribution is 8.06. The standard InChI is InChI=1S/C15H20F3NOS2/c16-15(17,18)14-4-2-1-3-11(14)7-12(20)8-19-9-13-10-21-5-6-22-13/h1-4,12-13,19-20H,5-10H2. The second kappa shape index (κ2) is 8.47. The summed E-state index contributed by atoms with van der Waals surface area (Å²) >= 11 is 3.83. The zero-order chi connectivity index (χ0) is 16.0. The van der Waals surface area contributed by atoms with Gasteiger partial charge in [-0.25, -0.2) is 0 Å². The topological polar surface area (TPSA) is 32.3 Å². The molecule has 1 saturated heterocycles. The van der Waals surface area contributed by atoms with Crippen molar-refractivity contribution in [2.24, 2.45) is 0 Å². The van der Waals surface area contributed by atoms with Gasteiger partial charge in [0.2, 0.25) is 0 Å². The highest BCUT2D eigenvalue weighted by Gasteiger charge is 2.33. The number of hydrogen-bond donors (Lipinski definition) is 2. The Morgan fingerprint density at radius 3 is 2.73 bits per heavy atom. The van der Waals surface area contributed by atoms with Crippen LogP contribution in [0.15, 0.2) is 24.3 Å². The van der Waals surface area contributed by atoms with Crippen LogP contribution in [0, 0.1) is 0 Å². The first kappa shape index (κ1) is 18.0. The lowest BCUT2D eigenvalue weighted by molar-refractivity contribution is -0.138. The van der Waals surface area contributed by atoms with Crippen molar-refractivity contribution >= 4 is 23.5 Å². The lowest BCUT2D eigenvalue weighted by Gasteiger charge is -2.22. The molecule has 0 radical (unpaired) electrons. The average molecular weight is 351 g/mol. The van der Waals surface area contributed by atoms with E-state index in [1.807, 2.05) is 23.5 Å². The maximum Gasteiger partial charge on any atom is 0.416 e. The summed E-state index contributed by atoms with van der Waals surface area (Å²) < 4.78 is 38.7. The molecule has 2 atom stereocenters. The number of aliphatic hydroxyl groups is 1. The molecule has 0 aliphatic carbocycles. The van der Waals surface area contributed by atoms with Gasteiger partial charge in [-0.2, -0.15) is 36.7 Å². The molecule has 1 heterocycles. The third-order valence-electron chi connectivity index (χ3n) is 3.42. The lowest BCUT2D eigenvalue weighted by Crippen LogP contribution is -2.35. The average Bonchev–Trinajstić information content (AvgIpc) is 2.48. The Hall–Kier alpha value is -0.370. The summed E-state index contributed by atoms with van der Waals surface area (Å²) in [4.78, 5) is 0. The highest BCUT2D eigenvalue weighted by atomic mass is 32.2. The minimum absolute atomic E-state index is 0.00917. The van der Waals surface area contributed by atoms with Crippen LogP contribution in [0.4, 0.5) is 13.2 Å². The smallest absolute Gasteiger partial charge is 0.391 e. The minimum Gasteiger partial charge on any atom is -0.391 e. The maximum absolute atomic E-state index is 12.9. The molecule has 1 aliphatic heterocycles. The SMILES string of the molecule is OC(CNCC1CSCCS1)Cc1ccccc1C(F)(F)F. The quantitative estimate of drug-likeness (QED) is 0.825. The number of rotatable bonds is 6. The van der Waals surface area contributed by atoms with Gasteiger partial charge in [-0.05, 0) is 11.6 Å². The molecule has 0 bridgehead atoms. The van der Waals surface area contributed by atoms with Crippen LogP contribution >= 0.6 is 23.5 Å². The van der Waals surface area contributed by atoms with Gasteiger partial charge in [-0.3, -0.25) is 0 Å². The van der Waals surface area contributed by atoms with E-state index in [0.717, 1.165) is 24.1 Å². The first-order chi connectivity index (χ1) is 10.5. The van der Waals surface area contributed by atoms with Crippen LogP contribution in [0.5, 0.6) is 0 Å². The van der Waals surface area contributed by atoms with Crippen molar-refractivity contribution in [2.45, 2.75) is 24.0 Å². The van der Waals surface area contributed by atoms with Gasteiger partial charge in [0, 0.05) is 42.0 Å². The van der Waals surface area contributed by atoms with Gasteiger partial charge in [0.15, 0.2) is 0 Å². The van der Waals surface area contributed by atoms with Gasteiger partial charge in [-0.1, -0.05) is 18.2 Å². The minimum atomic E-state index is -4.38. The number of nitrogens with one attached hydrogen (secondary N) is 1. The normalized spacial score (nSPS) is 20.8. The van der Waals surface area contributed by atoms with Crippen LogP contribution in [0.3, 0.4) is 0 Å². The van der Waals surface area contributed by atoms with E-state index < -0.39 is 17.8 Å². The second-order valence-electron chi connectivity index (χ2n) is 5.24. The van der Waals surface area contributed by atoms with Gasteiger partial charge >= 0.3 is 6.18 Å². The Morgan fingerprint density at radius 2 is 2.05 bits per heavy atom. The summed E-state index contributed by atoms with van der Waals surface area (Å²) in [5.74, 6) is 3.40. The number of thioether (sulfide) groups is 2.